The van der Waals surface area contributed by atoms with Gasteiger partial charge in [0.15, 0.2) is 0 Å². The highest BCUT2D eigenvalue weighted by molar-refractivity contribution is 5.57. The van der Waals surface area contributed by atoms with E-state index in [4.69, 9.17) is 4.98 Å². The maximum absolute atomic E-state index is 4.91. The second kappa shape index (κ2) is 5.80. The van der Waals surface area contributed by atoms with Crippen molar-refractivity contribution in [3.05, 3.63) is 41.7 Å². The maximum atomic E-state index is 4.91. The molecule has 0 saturated carbocycles. The minimum Gasteiger partial charge on any atom is -0.327 e. The fraction of sp³-hybridized carbons (Fsp3) is 0.471. The molecule has 1 aromatic heterocycles. The highest BCUT2D eigenvalue weighted by Crippen LogP contribution is 2.26. The number of nitrogens with one attached hydrogen (secondary N) is 1. The van der Waals surface area contributed by atoms with E-state index in [1.165, 1.54) is 23.4 Å². The summed E-state index contributed by atoms with van der Waals surface area (Å²) < 4.78 is 2.46. The summed E-state index contributed by atoms with van der Waals surface area (Å²) in [5.74, 6) is 1.82. The Morgan fingerprint density at radius 3 is 2.85 bits per heavy atom. The van der Waals surface area contributed by atoms with Gasteiger partial charge in [-0.1, -0.05) is 50.6 Å². The van der Waals surface area contributed by atoms with Crippen molar-refractivity contribution in [2.75, 3.05) is 6.54 Å². The van der Waals surface area contributed by atoms with Crippen molar-refractivity contribution in [1.29, 1.82) is 0 Å². The molecular weight excluding hydrogens is 246 g/mol. The van der Waals surface area contributed by atoms with Gasteiger partial charge in [0.1, 0.15) is 5.82 Å². The van der Waals surface area contributed by atoms with Crippen LogP contribution in [0.4, 0.5) is 0 Å². The molecule has 3 heteroatoms. The van der Waals surface area contributed by atoms with Crippen LogP contribution in [0.25, 0.3) is 11.4 Å². The van der Waals surface area contributed by atoms with Gasteiger partial charge in [0, 0.05) is 37.3 Å². The van der Waals surface area contributed by atoms with Gasteiger partial charge in [-0.05, 0) is 5.92 Å². The summed E-state index contributed by atoms with van der Waals surface area (Å²) in [6.45, 7) is 7.62. The largest absolute Gasteiger partial charge is 0.327 e. The van der Waals surface area contributed by atoms with E-state index in [0.717, 1.165) is 31.9 Å². The lowest BCUT2D eigenvalue weighted by Gasteiger charge is -2.18. The Morgan fingerprint density at radius 1 is 1.30 bits per heavy atom. The van der Waals surface area contributed by atoms with Crippen LogP contribution in [0.5, 0.6) is 0 Å². The molecule has 0 spiro atoms. The van der Waals surface area contributed by atoms with Gasteiger partial charge in [-0.25, -0.2) is 4.98 Å². The molecule has 1 unspecified atom stereocenters. The van der Waals surface area contributed by atoms with Crippen molar-refractivity contribution in [2.45, 2.75) is 39.8 Å². The van der Waals surface area contributed by atoms with Crippen LogP contribution in [-0.4, -0.2) is 16.1 Å². The molecule has 2 heterocycles. The molecule has 1 atom stereocenters. The van der Waals surface area contributed by atoms with Crippen LogP contribution in [0.2, 0.25) is 0 Å². The Morgan fingerprint density at radius 2 is 2.10 bits per heavy atom. The number of rotatable bonds is 4. The molecule has 20 heavy (non-hydrogen) atoms. The summed E-state index contributed by atoms with van der Waals surface area (Å²) in [5.41, 5.74) is 3.89. The van der Waals surface area contributed by atoms with Crippen LogP contribution in [0.15, 0.2) is 30.3 Å². The standard InChI is InChI=1S/C17H23N3/c1-3-13(2)12-20-16-9-10-18-11-15(16)19-17(20)14-7-5-4-6-8-14/h4-8,13,18H,3,9-12H2,1-2H3. The molecule has 0 radical (unpaired) electrons. The first-order valence-corrected chi connectivity index (χ1v) is 7.64. The lowest BCUT2D eigenvalue weighted by atomic mass is 10.1. The molecule has 1 N–H and O–H groups in total. The summed E-state index contributed by atoms with van der Waals surface area (Å²) in [6.07, 6.45) is 2.30. The average molecular weight is 269 g/mol. The van der Waals surface area contributed by atoms with Gasteiger partial charge < -0.3 is 9.88 Å². The number of benzene rings is 1. The van der Waals surface area contributed by atoms with E-state index in [-0.39, 0.29) is 0 Å². The zero-order chi connectivity index (χ0) is 13.9. The fourth-order valence-electron chi connectivity index (χ4n) is 2.82. The molecule has 0 amide bonds. The first kappa shape index (κ1) is 13.4. The smallest absolute Gasteiger partial charge is 0.140 e. The molecule has 3 rings (SSSR count). The average Bonchev–Trinajstić information content (AvgIpc) is 2.87. The van der Waals surface area contributed by atoms with E-state index < -0.39 is 0 Å². The van der Waals surface area contributed by atoms with Crippen molar-refractivity contribution < 1.29 is 0 Å². The molecule has 0 bridgehead atoms. The molecule has 3 nitrogen and oxygen atoms in total. The van der Waals surface area contributed by atoms with Gasteiger partial charge in [-0.15, -0.1) is 0 Å². The predicted molar refractivity (Wildman–Crippen MR) is 82.5 cm³/mol. The SMILES string of the molecule is CCC(C)Cn1c(-c2ccccc2)nc2c1CCNC2. The first-order chi connectivity index (χ1) is 9.79. The number of aromatic nitrogens is 2. The van der Waals surface area contributed by atoms with Crippen LogP contribution in [0, 0.1) is 5.92 Å². The van der Waals surface area contributed by atoms with E-state index in [2.05, 4.69) is 54.1 Å². The fourth-order valence-corrected chi connectivity index (χ4v) is 2.82. The normalized spacial score (nSPS) is 15.9. The molecule has 1 aliphatic heterocycles. The van der Waals surface area contributed by atoms with Gasteiger partial charge in [0.25, 0.3) is 0 Å². The minimum absolute atomic E-state index is 0.686. The van der Waals surface area contributed by atoms with Gasteiger partial charge >= 0.3 is 0 Å². The molecule has 1 aromatic carbocycles. The maximum Gasteiger partial charge on any atom is 0.140 e. The van der Waals surface area contributed by atoms with Crippen LogP contribution in [-0.2, 0) is 19.5 Å². The van der Waals surface area contributed by atoms with E-state index in [9.17, 15) is 0 Å². The second-order valence-electron chi connectivity index (χ2n) is 5.75. The third-order valence-corrected chi connectivity index (χ3v) is 4.21. The van der Waals surface area contributed by atoms with Gasteiger partial charge in [-0.3, -0.25) is 0 Å². The van der Waals surface area contributed by atoms with Crippen LogP contribution >= 0.6 is 0 Å². The van der Waals surface area contributed by atoms with Crippen LogP contribution in [0.3, 0.4) is 0 Å². The summed E-state index contributed by atoms with van der Waals surface area (Å²) in [5, 5.41) is 3.42. The number of nitrogens with zero attached hydrogens (tertiary/aromatic N) is 2. The highest BCUT2D eigenvalue weighted by atomic mass is 15.1. The molecule has 2 aromatic rings. The van der Waals surface area contributed by atoms with Gasteiger partial charge in [-0.2, -0.15) is 0 Å². The Bertz CT molecular complexity index is 571. The molecule has 106 valence electrons. The third-order valence-electron chi connectivity index (χ3n) is 4.21. The van der Waals surface area contributed by atoms with E-state index in [1.54, 1.807) is 0 Å². The molecule has 0 aliphatic carbocycles. The second-order valence-corrected chi connectivity index (χ2v) is 5.75. The number of hydrogen-bond acceptors (Lipinski definition) is 2. The van der Waals surface area contributed by atoms with E-state index in [1.807, 2.05) is 0 Å². The van der Waals surface area contributed by atoms with Crippen molar-refractivity contribution in [3.63, 3.8) is 0 Å². The van der Waals surface area contributed by atoms with Crippen molar-refractivity contribution in [2.24, 2.45) is 5.92 Å². The van der Waals surface area contributed by atoms with E-state index in [0.29, 0.717) is 5.92 Å². The van der Waals surface area contributed by atoms with Crippen molar-refractivity contribution in [3.8, 4) is 11.4 Å². The Balaban J connectivity index is 2.06. The monoisotopic (exact) mass is 269 g/mol. The predicted octanol–water partition coefficient (Wildman–Crippen LogP) is 3.24. The van der Waals surface area contributed by atoms with E-state index >= 15 is 0 Å². The van der Waals surface area contributed by atoms with Crippen molar-refractivity contribution in [1.82, 2.24) is 14.9 Å². The molecule has 1 aliphatic rings. The van der Waals surface area contributed by atoms with Gasteiger partial charge in [0.05, 0.1) is 5.69 Å². The topological polar surface area (TPSA) is 29.9 Å². The quantitative estimate of drug-likeness (QED) is 0.923. The molecular formula is C17H23N3. The Hall–Kier alpha value is -1.61. The lowest BCUT2D eigenvalue weighted by molar-refractivity contribution is 0.456. The Kier molecular flexibility index (Phi) is 3.88. The van der Waals surface area contributed by atoms with Gasteiger partial charge in [0.2, 0.25) is 0 Å². The van der Waals surface area contributed by atoms with Crippen LogP contribution in [0.1, 0.15) is 31.7 Å². The molecule has 0 saturated heterocycles. The van der Waals surface area contributed by atoms with Crippen LogP contribution < -0.4 is 5.32 Å². The number of fused-ring (bicyclic) bond motifs is 1. The first-order valence-electron chi connectivity index (χ1n) is 7.64. The zero-order valence-electron chi connectivity index (χ0n) is 12.4. The highest BCUT2D eigenvalue weighted by Gasteiger charge is 2.21. The summed E-state index contributed by atoms with van der Waals surface area (Å²) in [6, 6.07) is 10.6. The van der Waals surface area contributed by atoms with Crippen molar-refractivity contribution >= 4 is 0 Å². The Labute approximate surface area is 121 Å². The number of hydrogen-bond donors (Lipinski definition) is 1. The summed E-state index contributed by atoms with van der Waals surface area (Å²) in [4.78, 5) is 4.91. The number of imidazole rings is 1. The summed E-state index contributed by atoms with van der Waals surface area (Å²) in [7, 11) is 0. The minimum atomic E-state index is 0.686. The lowest BCUT2D eigenvalue weighted by Crippen LogP contribution is -2.25. The third kappa shape index (κ3) is 2.50. The zero-order valence-corrected chi connectivity index (χ0v) is 12.4. The molecule has 0 fully saturated rings. The summed E-state index contributed by atoms with van der Waals surface area (Å²) >= 11 is 0.